The fourth-order valence-corrected chi connectivity index (χ4v) is 2.28. The van der Waals surface area contributed by atoms with E-state index < -0.39 is 0 Å². The minimum atomic E-state index is -0.190. The molecule has 1 aromatic rings. The van der Waals surface area contributed by atoms with Crippen LogP contribution >= 0.6 is 0 Å². The number of likely N-dealkylation sites (N-methyl/N-ethyl adjacent to an activating group) is 1. The van der Waals surface area contributed by atoms with E-state index in [-0.39, 0.29) is 5.82 Å². The molecular weight excluding hydrogens is 307 g/mol. The van der Waals surface area contributed by atoms with Gasteiger partial charge in [0.1, 0.15) is 5.82 Å². The summed E-state index contributed by atoms with van der Waals surface area (Å²) in [7, 11) is 3.82. The van der Waals surface area contributed by atoms with Crippen molar-refractivity contribution in [2.75, 3.05) is 53.5 Å². The zero-order chi connectivity index (χ0) is 17.6. The number of rotatable bonds is 11. The fraction of sp³-hybridized carbons (Fsp3) is 0.611. The van der Waals surface area contributed by atoms with Crippen molar-refractivity contribution < 1.29 is 9.13 Å². The van der Waals surface area contributed by atoms with Gasteiger partial charge in [-0.05, 0) is 44.5 Å². The van der Waals surface area contributed by atoms with E-state index in [2.05, 4.69) is 27.6 Å². The van der Waals surface area contributed by atoms with E-state index in [1.165, 1.54) is 6.07 Å². The Hall–Kier alpha value is -1.66. The molecule has 0 atom stereocenters. The number of hydrogen-bond acceptors (Lipinski definition) is 3. The number of methoxy groups -OCH3 is 1. The number of nitrogens with zero attached hydrogens (tertiary/aromatic N) is 2. The number of guanidine groups is 1. The van der Waals surface area contributed by atoms with Crippen LogP contribution in [0.2, 0.25) is 0 Å². The summed E-state index contributed by atoms with van der Waals surface area (Å²) in [6, 6.07) is 6.71. The molecule has 0 amide bonds. The molecule has 0 aliphatic rings. The van der Waals surface area contributed by atoms with E-state index in [0.29, 0.717) is 0 Å². The van der Waals surface area contributed by atoms with Crippen LogP contribution in [0.1, 0.15) is 18.9 Å². The monoisotopic (exact) mass is 338 g/mol. The van der Waals surface area contributed by atoms with Crippen molar-refractivity contribution in [2.45, 2.75) is 19.8 Å². The topological polar surface area (TPSA) is 48.9 Å². The van der Waals surface area contributed by atoms with Crippen molar-refractivity contribution in [3.05, 3.63) is 35.6 Å². The number of nitrogens with one attached hydrogen (secondary N) is 2. The Morgan fingerprint density at radius 3 is 2.83 bits per heavy atom. The molecular formula is C18H31FN4O. The van der Waals surface area contributed by atoms with Crippen LogP contribution in [0.5, 0.6) is 0 Å². The van der Waals surface area contributed by atoms with Crippen LogP contribution in [0, 0.1) is 5.82 Å². The van der Waals surface area contributed by atoms with Crippen LogP contribution in [0.15, 0.2) is 29.3 Å². The fourth-order valence-electron chi connectivity index (χ4n) is 2.28. The molecule has 0 heterocycles. The molecule has 0 bridgehead atoms. The van der Waals surface area contributed by atoms with Crippen molar-refractivity contribution in [3.63, 3.8) is 0 Å². The molecule has 24 heavy (non-hydrogen) atoms. The summed E-state index contributed by atoms with van der Waals surface area (Å²) in [6.07, 6.45) is 1.79. The van der Waals surface area contributed by atoms with E-state index in [9.17, 15) is 4.39 Å². The van der Waals surface area contributed by atoms with Crippen LogP contribution in [0.25, 0.3) is 0 Å². The highest BCUT2D eigenvalue weighted by atomic mass is 19.1. The predicted molar refractivity (Wildman–Crippen MR) is 98.1 cm³/mol. The van der Waals surface area contributed by atoms with Crippen molar-refractivity contribution in [1.29, 1.82) is 0 Å². The second kappa shape index (κ2) is 12.7. The average molecular weight is 338 g/mol. The molecule has 0 aromatic heterocycles. The summed E-state index contributed by atoms with van der Waals surface area (Å²) in [5, 5.41) is 6.53. The quantitative estimate of drug-likeness (QED) is 0.368. The van der Waals surface area contributed by atoms with Gasteiger partial charge in [-0.2, -0.15) is 0 Å². The van der Waals surface area contributed by atoms with Gasteiger partial charge in [-0.15, -0.1) is 0 Å². The summed E-state index contributed by atoms with van der Waals surface area (Å²) in [5.41, 5.74) is 0.983. The van der Waals surface area contributed by atoms with Gasteiger partial charge >= 0.3 is 0 Å². The van der Waals surface area contributed by atoms with Crippen molar-refractivity contribution >= 4 is 5.96 Å². The Morgan fingerprint density at radius 1 is 1.29 bits per heavy atom. The number of benzene rings is 1. The number of ether oxygens (including phenoxy) is 1. The zero-order valence-electron chi connectivity index (χ0n) is 15.1. The standard InChI is InChI=1S/C18H31FN4O/c1-4-20-18(22-11-13-23(2)12-6-14-24-3)21-10-9-16-7-5-8-17(19)15-16/h5,7-8,15H,4,6,9-14H2,1-3H3,(H2,20,21,22). The molecule has 0 fully saturated rings. The zero-order valence-corrected chi connectivity index (χ0v) is 15.1. The molecule has 2 N–H and O–H groups in total. The van der Waals surface area contributed by atoms with E-state index >= 15 is 0 Å². The first-order valence-electron chi connectivity index (χ1n) is 8.59. The molecule has 0 spiro atoms. The normalized spacial score (nSPS) is 11.8. The minimum Gasteiger partial charge on any atom is -0.385 e. The predicted octanol–water partition coefficient (Wildman–Crippen LogP) is 1.89. The Balaban J connectivity index is 2.31. The molecule has 1 rings (SSSR count). The summed E-state index contributed by atoms with van der Waals surface area (Å²) in [4.78, 5) is 6.83. The first-order valence-corrected chi connectivity index (χ1v) is 8.59. The van der Waals surface area contributed by atoms with Gasteiger partial charge in [-0.25, -0.2) is 4.39 Å². The van der Waals surface area contributed by atoms with Gasteiger partial charge < -0.3 is 20.3 Å². The summed E-state index contributed by atoms with van der Waals surface area (Å²) in [5.74, 6) is 0.615. The highest BCUT2D eigenvalue weighted by molar-refractivity contribution is 5.79. The van der Waals surface area contributed by atoms with Crippen LogP contribution in [0.3, 0.4) is 0 Å². The van der Waals surface area contributed by atoms with Gasteiger partial charge in [0.05, 0.1) is 6.54 Å². The summed E-state index contributed by atoms with van der Waals surface area (Å²) in [6.45, 7) is 7.02. The molecule has 0 aliphatic carbocycles. The lowest BCUT2D eigenvalue weighted by molar-refractivity contribution is 0.180. The maximum Gasteiger partial charge on any atom is 0.191 e. The van der Waals surface area contributed by atoms with E-state index in [1.807, 2.05) is 13.0 Å². The smallest absolute Gasteiger partial charge is 0.191 e. The Bertz CT molecular complexity index is 482. The molecule has 0 radical (unpaired) electrons. The van der Waals surface area contributed by atoms with E-state index in [1.54, 1.807) is 19.2 Å². The molecule has 1 aromatic carbocycles. The molecule has 5 nitrogen and oxygen atoms in total. The first kappa shape index (κ1) is 20.4. The molecule has 0 aliphatic heterocycles. The first-order chi connectivity index (χ1) is 11.7. The second-order valence-electron chi connectivity index (χ2n) is 5.72. The lowest BCUT2D eigenvalue weighted by atomic mass is 10.1. The molecule has 6 heteroatoms. The van der Waals surface area contributed by atoms with Gasteiger partial charge in [0.2, 0.25) is 0 Å². The second-order valence-corrected chi connectivity index (χ2v) is 5.72. The SMILES string of the molecule is CCNC(=NCCN(C)CCCOC)NCCc1cccc(F)c1. The third-order valence-electron chi connectivity index (χ3n) is 3.58. The summed E-state index contributed by atoms with van der Waals surface area (Å²) < 4.78 is 18.2. The average Bonchev–Trinajstić information content (AvgIpc) is 2.55. The van der Waals surface area contributed by atoms with Crippen molar-refractivity contribution in [1.82, 2.24) is 15.5 Å². The highest BCUT2D eigenvalue weighted by Gasteiger charge is 2.00. The van der Waals surface area contributed by atoms with Crippen molar-refractivity contribution in [2.24, 2.45) is 4.99 Å². The maximum atomic E-state index is 13.2. The van der Waals surface area contributed by atoms with Gasteiger partial charge in [0, 0.05) is 39.9 Å². The lowest BCUT2D eigenvalue weighted by Crippen LogP contribution is -2.39. The van der Waals surface area contributed by atoms with Crippen LogP contribution < -0.4 is 10.6 Å². The molecule has 0 unspecified atom stereocenters. The Morgan fingerprint density at radius 2 is 2.12 bits per heavy atom. The van der Waals surface area contributed by atoms with Gasteiger partial charge in [0.25, 0.3) is 0 Å². The molecule has 0 saturated carbocycles. The minimum absolute atomic E-state index is 0.190. The van der Waals surface area contributed by atoms with E-state index in [4.69, 9.17) is 4.74 Å². The number of halogens is 1. The third-order valence-corrected chi connectivity index (χ3v) is 3.58. The van der Waals surface area contributed by atoms with Crippen LogP contribution in [0.4, 0.5) is 4.39 Å². The lowest BCUT2D eigenvalue weighted by Gasteiger charge is -2.16. The van der Waals surface area contributed by atoms with Gasteiger partial charge in [0.15, 0.2) is 5.96 Å². The molecule has 0 saturated heterocycles. The third kappa shape index (κ3) is 9.47. The van der Waals surface area contributed by atoms with Crippen molar-refractivity contribution in [3.8, 4) is 0 Å². The van der Waals surface area contributed by atoms with Gasteiger partial charge in [-0.1, -0.05) is 12.1 Å². The number of aliphatic imine (C=N–C) groups is 1. The highest BCUT2D eigenvalue weighted by Crippen LogP contribution is 2.03. The number of hydrogen-bond donors (Lipinski definition) is 2. The maximum absolute atomic E-state index is 13.2. The van der Waals surface area contributed by atoms with Crippen LogP contribution in [-0.4, -0.2) is 64.3 Å². The summed E-state index contributed by atoms with van der Waals surface area (Å²) >= 11 is 0. The van der Waals surface area contributed by atoms with Crippen LogP contribution in [-0.2, 0) is 11.2 Å². The Kier molecular flexibility index (Phi) is 10.8. The molecule has 136 valence electrons. The largest absolute Gasteiger partial charge is 0.385 e. The van der Waals surface area contributed by atoms with Gasteiger partial charge in [-0.3, -0.25) is 4.99 Å². The Labute approximate surface area is 145 Å². The van der Waals surface area contributed by atoms with E-state index in [0.717, 1.165) is 63.7 Å².